The topological polar surface area (TPSA) is 27.3 Å². The molecule has 1 aliphatic rings. The summed E-state index contributed by atoms with van der Waals surface area (Å²) in [6, 6.07) is 16.9. The van der Waals surface area contributed by atoms with Crippen molar-refractivity contribution in [2.24, 2.45) is 0 Å². The van der Waals surface area contributed by atoms with E-state index in [4.69, 9.17) is 9.47 Å². The zero-order valence-electron chi connectivity index (χ0n) is 16.4. The molecule has 2 heterocycles. The lowest BCUT2D eigenvalue weighted by Gasteiger charge is -2.08. The van der Waals surface area contributed by atoms with E-state index in [1.165, 1.54) is 34.9 Å². The summed E-state index contributed by atoms with van der Waals surface area (Å²) in [6.45, 7) is 8.71. The number of aromatic nitrogens is 2. The Hall–Kier alpha value is -2.75. The predicted octanol–water partition coefficient (Wildman–Crippen LogP) is 4.48. The lowest BCUT2D eigenvalue weighted by molar-refractivity contribution is -0.695. The third-order valence-electron chi connectivity index (χ3n) is 5.17. The highest BCUT2D eigenvalue weighted by molar-refractivity contribution is 5.65. The first-order valence-corrected chi connectivity index (χ1v) is 9.83. The minimum atomic E-state index is 0.685. The molecule has 3 aromatic rings. The van der Waals surface area contributed by atoms with E-state index in [1.54, 1.807) is 0 Å². The Morgan fingerprint density at radius 2 is 1.48 bits per heavy atom. The third-order valence-corrected chi connectivity index (χ3v) is 5.17. The molecule has 0 unspecified atom stereocenters. The Morgan fingerprint density at radius 3 is 2.07 bits per heavy atom. The summed E-state index contributed by atoms with van der Waals surface area (Å²) < 4.78 is 16.1. The van der Waals surface area contributed by atoms with Crippen LogP contribution in [0.4, 0.5) is 0 Å². The second-order valence-corrected chi connectivity index (χ2v) is 6.83. The SMILES string of the molecule is CCOc1ccc(-c2c(C)[n+]3c(n2-c2ccc(OCC)cc2)CCC3)cc1. The van der Waals surface area contributed by atoms with E-state index in [9.17, 15) is 0 Å². The molecule has 4 heteroatoms. The van der Waals surface area contributed by atoms with Gasteiger partial charge in [-0.3, -0.25) is 0 Å². The maximum atomic E-state index is 5.62. The first-order valence-electron chi connectivity index (χ1n) is 9.83. The quantitative estimate of drug-likeness (QED) is 0.604. The molecule has 0 aliphatic carbocycles. The van der Waals surface area contributed by atoms with E-state index < -0.39 is 0 Å². The number of nitrogens with zero attached hydrogens (tertiary/aromatic N) is 2. The highest BCUT2D eigenvalue weighted by Gasteiger charge is 2.33. The number of ether oxygens (including phenoxy) is 2. The number of hydrogen-bond donors (Lipinski definition) is 0. The van der Waals surface area contributed by atoms with Crippen molar-refractivity contribution in [1.29, 1.82) is 0 Å². The predicted molar refractivity (Wildman–Crippen MR) is 107 cm³/mol. The molecule has 4 nitrogen and oxygen atoms in total. The van der Waals surface area contributed by atoms with Crippen LogP contribution in [0.3, 0.4) is 0 Å². The van der Waals surface area contributed by atoms with E-state index >= 15 is 0 Å². The molecule has 0 saturated carbocycles. The van der Waals surface area contributed by atoms with Crippen LogP contribution in [-0.2, 0) is 13.0 Å². The van der Waals surface area contributed by atoms with Gasteiger partial charge in [0.15, 0.2) is 5.69 Å². The van der Waals surface area contributed by atoms with E-state index in [0.29, 0.717) is 13.2 Å². The van der Waals surface area contributed by atoms with Gasteiger partial charge in [-0.25, -0.2) is 4.57 Å². The van der Waals surface area contributed by atoms with Crippen LogP contribution in [0.5, 0.6) is 11.5 Å². The second-order valence-electron chi connectivity index (χ2n) is 6.83. The maximum Gasteiger partial charge on any atom is 0.262 e. The molecule has 0 fully saturated rings. The summed E-state index contributed by atoms with van der Waals surface area (Å²) in [7, 11) is 0. The molecule has 0 atom stereocenters. The minimum Gasteiger partial charge on any atom is -0.494 e. The van der Waals surface area contributed by atoms with Gasteiger partial charge in [0, 0.05) is 12.5 Å². The molecule has 0 saturated heterocycles. The molecule has 1 aliphatic heterocycles. The van der Waals surface area contributed by atoms with E-state index in [-0.39, 0.29) is 0 Å². The largest absolute Gasteiger partial charge is 0.494 e. The molecule has 0 N–H and O–H groups in total. The number of rotatable bonds is 6. The van der Waals surface area contributed by atoms with Crippen molar-refractivity contribution in [2.45, 2.75) is 40.2 Å². The van der Waals surface area contributed by atoms with Gasteiger partial charge in [-0.2, -0.15) is 4.57 Å². The van der Waals surface area contributed by atoms with E-state index in [0.717, 1.165) is 24.5 Å². The zero-order valence-corrected chi connectivity index (χ0v) is 16.4. The van der Waals surface area contributed by atoms with Gasteiger partial charge >= 0.3 is 0 Å². The van der Waals surface area contributed by atoms with Crippen molar-refractivity contribution >= 4 is 0 Å². The molecule has 2 aromatic carbocycles. The van der Waals surface area contributed by atoms with Crippen LogP contribution in [0.25, 0.3) is 16.9 Å². The average molecular weight is 363 g/mol. The molecule has 0 radical (unpaired) electrons. The van der Waals surface area contributed by atoms with Crippen molar-refractivity contribution in [3.8, 4) is 28.4 Å². The molecule has 27 heavy (non-hydrogen) atoms. The summed E-state index contributed by atoms with van der Waals surface area (Å²) in [6.07, 6.45) is 2.31. The van der Waals surface area contributed by atoms with Gasteiger partial charge in [0.05, 0.1) is 26.2 Å². The summed E-state index contributed by atoms with van der Waals surface area (Å²) in [5, 5.41) is 0. The minimum absolute atomic E-state index is 0.685. The molecule has 0 amide bonds. The fraction of sp³-hybridized carbons (Fsp3) is 0.348. The third kappa shape index (κ3) is 3.20. The lowest BCUT2D eigenvalue weighted by atomic mass is 10.1. The highest BCUT2D eigenvalue weighted by Crippen LogP contribution is 2.31. The number of fused-ring (bicyclic) bond motifs is 1. The second kappa shape index (κ2) is 7.47. The molecule has 0 spiro atoms. The monoisotopic (exact) mass is 363 g/mol. The fourth-order valence-corrected chi connectivity index (χ4v) is 4.02. The van der Waals surface area contributed by atoms with Crippen LogP contribution < -0.4 is 14.0 Å². The Morgan fingerprint density at radius 1 is 0.889 bits per heavy atom. The summed E-state index contributed by atoms with van der Waals surface area (Å²) in [5.41, 5.74) is 4.98. The van der Waals surface area contributed by atoms with Crippen molar-refractivity contribution < 1.29 is 14.0 Å². The van der Waals surface area contributed by atoms with E-state index in [1.807, 2.05) is 13.8 Å². The van der Waals surface area contributed by atoms with Gasteiger partial charge in [0.2, 0.25) is 0 Å². The Kier molecular flexibility index (Phi) is 4.88. The van der Waals surface area contributed by atoms with Crippen LogP contribution in [-0.4, -0.2) is 17.8 Å². The summed E-state index contributed by atoms with van der Waals surface area (Å²) in [5.74, 6) is 3.20. The summed E-state index contributed by atoms with van der Waals surface area (Å²) >= 11 is 0. The molecule has 1 aromatic heterocycles. The normalized spacial score (nSPS) is 12.9. The van der Waals surface area contributed by atoms with Gasteiger partial charge in [0.25, 0.3) is 5.82 Å². The highest BCUT2D eigenvalue weighted by atomic mass is 16.5. The van der Waals surface area contributed by atoms with Gasteiger partial charge in [0.1, 0.15) is 22.9 Å². The molecular formula is C23H27N2O2+. The van der Waals surface area contributed by atoms with Crippen LogP contribution in [0, 0.1) is 6.92 Å². The first-order chi connectivity index (χ1) is 13.2. The Bertz CT molecular complexity index is 925. The van der Waals surface area contributed by atoms with Crippen molar-refractivity contribution in [3.63, 3.8) is 0 Å². The van der Waals surface area contributed by atoms with Gasteiger partial charge in [-0.15, -0.1) is 0 Å². The fourth-order valence-electron chi connectivity index (χ4n) is 4.02. The van der Waals surface area contributed by atoms with Crippen molar-refractivity contribution in [3.05, 3.63) is 60.0 Å². The van der Waals surface area contributed by atoms with Crippen molar-refractivity contribution in [1.82, 2.24) is 4.57 Å². The summed E-state index contributed by atoms with van der Waals surface area (Å²) in [4.78, 5) is 0. The molecule has 0 bridgehead atoms. The first kappa shape index (κ1) is 17.7. The average Bonchev–Trinajstić information content (AvgIpc) is 3.26. The standard InChI is InChI=1S/C23H27N2O2/c1-4-26-20-12-8-18(9-13-20)23-17(3)24-16-6-7-22(24)25(23)19-10-14-21(15-11-19)27-5-2/h8-15H,4-7,16H2,1-3H3/q+1. The van der Waals surface area contributed by atoms with Crippen molar-refractivity contribution in [2.75, 3.05) is 13.2 Å². The number of imidazole rings is 1. The van der Waals surface area contributed by atoms with E-state index in [2.05, 4.69) is 64.6 Å². The van der Waals surface area contributed by atoms with Crippen LogP contribution in [0.15, 0.2) is 48.5 Å². The van der Waals surface area contributed by atoms with Gasteiger partial charge in [-0.1, -0.05) is 0 Å². The Balaban J connectivity index is 1.82. The number of benzene rings is 2. The smallest absolute Gasteiger partial charge is 0.262 e. The van der Waals surface area contributed by atoms with Gasteiger partial charge < -0.3 is 9.47 Å². The van der Waals surface area contributed by atoms with Crippen LogP contribution in [0.1, 0.15) is 31.8 Å². The molecule has 4 rings (SSSR count). The molecular weight excluding hydrogens is 336 g/mol. The van der Waals surface area contributed by atoms with Gasteiger partial charge in [-0.05, 0) is 68.8 Å². The number of hydrogen-bond acceptors (Lipinski definition) is 2. The van der Waals surface area contributed by atoms with Crippen LogP contribution >= 0.6 is 0 Å². The lowest BCUT2D eigenvalue weighted by Crippen LogP contribution is -2.34. The Labute approximate surface area is 161 Å². The van der Waals surface area contributed by atoms with Crippen LogP contribution in [0.2, 0.25) is 0 Å². The molecule has 140 valence electrons. The maximum absolute atomic E-state index is 5.62. The zero-order chi connectivity index (χ0) is 18.8.